The van der Waals surface area contributed by atoms with E-state index < -0.39 is 0 Å². The second-order valence-electron chi connectivity index (χ2n) is 2.97. The highest BCUT2D eigenvalue weighted by Gasteiger charge is 1.99. The molecular formula is C10H16N. The fourth-order valence-electron chi connectivity index (χ4n) is 1.09. The van der Waals surface area contributed by atoms with Crippen LogP contribution in [0.1, 0.15) is 19.8 Å². The molecule has 0 saturated heterocycles. The zero-order valence-electron chi connectivity index (χ0n) is 7.21. The van der Waals surface area contributed by atoms with Crippen LogP contribution in [0.2, 0.25) is 0 Å². The Balaban J connectivity index is 2.25. The van der Waals surface area contributed by atoms with Crippen molar-refractivity contribution in [3.8, 4) is 0 Å². The fraction of sp³-hybridized carbons (Fsp3) is 0.500. The number of nitrogens with zero attached hydrogens (tertiary/aromatic N) is 1. The molecule has 1 rings (SSSR count). The predicted molar refractivity (Wildman–Crippen MR) is 49.1 cm³/mol. The lowest BCUT2D eigenvalue weighted by Gasteiger charge is -2.21. The molecule has 1 heteroatoms. The summed E-state index contributed by atoms with van der Waals surface area (Å²) in [4.78, 5) is 2.32. The molecule has 0 spiro atoms. The van der Waals surface area contributed by atoms with Crippen molar-refractivity contribution in [1.82, 2.24) is 4.90 Å². The highest BCUT2D eigenvalue weighted by Crippen LogP contribution is 2.06. The Kier molecular flexibility index (Phi) is 3.21. The molecule has 1 aliphatic rings. The van der Waals surface area contributed by atoms with Crippen molar-refractivity contribution < 1.29 is 0 Å². The topological polar surface area (TPSA) is 3.24 Å². The molecule has 1 radical (unpaired) electrons. The van der Waals surface area contributed by atoms with Gasteiger partial charge in [-0.15, -0.1) is 0 Å². The fourth-order valence-corrected chi connectivity index (χ4v) is 1.09. The van der Waals surface area contributed by atoms with Crippen LogP contribution in [-0.2, 0) is 0 Å². The van der Waals surface area contributed by atoms with Gasteiger partial charge in [0.15, 0.2) is 0 Å². The average molecular weight is 150 g/mol. The minimum absolute atomic E-state index is 1.03. The van der Waals surface area contributed by atoms with Crippen molar-refractivity contribution in [1.29, 1.82) is 0 Å². The third-order valence-corrected chi connectivity index (χ3v) is 1.89. The van der Waals surface area contributed by atoms with Crippen LogP contribution in [0.3, 0.4) is 0 Å². The Labute approximate surface area is 69.4 Å². The van der Waals surface area contributed by atoms with Crippen molar-refractivity contribution in [3.05, 3.63) is 30.8 Å². The van der Waals surface area contributed by atoms with Gasteiger partial charge in [0.2, 0.25) is 0 Å². The van der Waals surface area contributed by atoms with Gasteiger partial charge in [0.05, 0.1) is 0 Å². The van der Waals surface area contributed by atoms with Gasteiger partial charge < -0.3 is 4.90 Å². The Bertz CT molecular complexity index is 168. The van der Waals surface area contributed by atoms with Crippen molar-refractivity contribution in [3.63, 3.8) is 0 Å². The van der Waals surface area contributed by atoms with Crippen LogP contribution in [0.15, 0.2) is 23.9 Å². The molecule has 0 fully saturated rings. The van der Waals surface area contributed by atoms with Crippen LogP contribution >= 0.6 is 0 Å². The van der Waals surface area contributed by atoms with Crippen LogP contribution < -0.4 is 0 Å². The molecule has 0 aromatic heterocycles. The van der Waals surface area contributed by atoms with Crippen LogP contribution in [0, 0.1) is 6.92 Å². The molecule has 61 valence electrons. The van der Waals surface area contributed by atoms with E-state index in [-0.39, 0.29) is 0 Å². The monoisotopic (exact) mass is 150 g/mol. The first-order valence-electron chi connectivity index (χ1n) is 4.21. The van der Waals surface area contributed by atoms with E-state index in [2.05, 4.69) is 37.1 Å². The second kappa shape index (κ2) is 4.22. The molecule has 0 aromatic rings. The highest BCUT2D eigenvalue weighted by atomic mass is 15.1. The first kappa shape index (κ1) is 8.38. The third-order valence-electron chi connectivity index (χ3n) is 1.89. The maximum absolute atomic E-state index is 3.82. The van der Waals surface area contributed by atoms with Gasteiger partial charge in [0, 0.05) is 13.1 Å². The van der Waals surface area contributed by atoms with Gasteiger partial charge >= 0.3 is 0 Å². The summed E-state index contributed by atoms with van der Waals surface area (Å²) in [5, 5.41) is 0. The first-order valence-corrected chi connectivity index (χ1v) is 4.21. The normalized spacial score (nSPS) is 16.9. The Hall–Kier alpha value is -0.720. The minimum atomic E-state index is 1.03. The zero-order valence-corrected chi connectivity index (χ0v) is 7.21. The van der Waals surface area contributed by atoms with E-state index in [1.54, 1.807) is 0 Å². The van der Waals surface area contributed by atoms with E-state index in [0.29, 0.717) is 0 Å². The van der Waals surface area contributed by atoms with E-state index in [9.17, 15) is 0 Å². The number of hydrogen-bond donors (Lipinski definition) is 0. The summed E-state index contributed by atoms with van der Waals surface area (Å²) in [5.74, 6) is 0. The van der Waals surface area contributed by atoms with Crippen LogP contribution in [-0.4, -0.2) is 18.0 Å². The van der Waals surface area contributed by atoms with Gasteiger partial charge in [-0.25, -0.2) is 0 Å². The lowest BCUT2D eigenvalue weighted by Crippen LogP contribution is -2.20. The molecule has 0 aromatic carbocycles. The molecule has 11 heavy (non-hydrogen) atoms. The molecule has 1 nitrogen and oxygen atoms in total. The Morgan fingerprint density at radius 2 is 2.45 bits per heavy atom. The molecule has 0 unspecified atom stereocenters. The summed E-state index contributed by atoms with van der Waals surface area (Å²) >= 11 is 0. The van der Waals surface area contributed by atoms with Gasteiger partial charge in [-0.3, -0.25) is 0 Å². The molecule has 0 bridgehead atoms. The minimum Gasteiger partial charge on any atom is -0.374 e. The number of unbranched alkanes of at least 4 members (excludes halogenated alkanes) is 1. The van der Waals surface area contributed by atoms with Gasteiger partial charge in [0.25, 0.3) is 0 Å². The smallest absolute Gasteiger partial charge is 0.0359 e. The van der Waals surface area contributed by atoms with E-state index in [1.165, 1.54) is 12.0 Å². The van der Waals surface area contributed by atoms with E-state index in [1.807, 2.05) is 0 Å². The predicted octanol–water partition coefficient (Wildman–Crippen LogP) is 2.38. The molecule has 0 amide bonds. The number of rotatable bonds is 3. The lowest BCUT2D eigenvalue weighted by molar-refractivity contribution is 0.403. The van der Waals surface area contributed by atoms with Crippen molar-refractivity contribution in [2.75, 3.05) is 13.1 Å². The maximum atomic E-state index is 3.82. The van der Waals surface area contributed by atoms with E-state index in [0.717, 1.165) is 19.5 Å². The first-order chi connectivity index (χ1) is 5.33. The highest BCUT2D eigenvalue weighted by molar-refractivity contribution is 5.19. The maximum Gasteiger partial charge on any atom is 0.0359 e. The molecule has 1 aliphatic heterocycles. The van der Waals surface area contributed by atoms with Gasteiger partial charge in [-0.2, -0.15) is 0 Å². The number of allylic oxidation sites excluding steroid dienone is 2. The van der Waals surface area contributed by atoms with E-state index in [4.69, 9.17) is 0 Å². The summed E-state index contributed by atoms with van der Waals surface area (Å²) in [6.45, 7) is 8.17. The SMILES string of the molecule is [CH2]CCCN1C=CC(C)=CC1. The molecule has 1 heterocycles. The summed E-state index contributed by atoms with van der Waals surface area (Å²) in [5.41, 5.74) is 1.37. The van der Waals surface area contributed by atoms with Crippen LogP contribution in [0.25, 0.3) is 0 Å². The second-order valence-corrected chi connectivity index (χ2v) is 2.97. The number of hydrogen-bond acceptors (Lipinski definition) is 1. The quantitative estimate of drug-likeness (QED) is 0.597. The van der Waals surface area contributed by atoms with Gasteiger partial charge in [-0.1, -0.05) is 25.0 Å². The molecule has 0 N–H and O–H groups in total. The lowest BCUT2D eigenvalue weighted by atomic mass is 10.2. The third kappa shape index (κ3) is 2.79. The van der Waals surface area contributed by atoms with Crippen molar-refractivity contribution in [2.24, 2.45) is 0 Å². The van der Waals surface area contributed by atoms with E-state index >= 15 is 0 Å². The standard InChI is InChI=1S/C10H16N/c1-3-4-7-11-8-5-10(2)6-9-11/h5-6,8H,1,3-4,7,9H2,2H3. The van der Waals surface area contributed by atoms with Crippen LogP contribution in [0.5, 0.6) is 0 Å². The summed E-state index contributed by atoms with van der Waals surface area (Å²) in [6.07, 6.45) is 8.81. The molecule has 0 saturated carbocycles. The van der Waals surface area contributed by atoms with Gasteiger partial charge in [0.1, 0.15) is 0 Å². The van der Waals surface area contributed by atoms with Gasteiger partial charge in [-0.05, 0) is 25.6 Å². The summed E-state index contributed by atoms with van der Waals surface area (Å²) < 4.78 is 0. The largest absolute Gasteiger partial charge is 0.374 e. The summed E-state index contributed by atoms with van der Waals surface area (Å²) in [7, 11) is 0. The summed E-state index contributed by atoms with van der Waals surface area (Å²) in [6, 6.07) is 0. The average Bonchev–Trinajstić information content (AvgIpc) is 2.04. The van der Waals surface area contributed by atoms with Crippen molar-refractivity contribution >= 4 is 0 Å². The van der Waals surface area contributed by atoms with Crippen LogP contribution in [0.4, 0.5) is 0 Å². The Morgan fingerprint density at radius 3 is 3.00 bits per heavy atom. The zero-order chi connectivity index (χ0) is 8.10. The van der Waals surface area contributed by atoms with Crippen molar-refractivity contribution in [2.45, 2.75) is 19.8 Å². The Morgan fingerprint density at radius 1 is 1.64 bits per heavy atom. The molecular weight excluding hydrogens is 134 g/mol. The molecule has 0 atom stereocenters. The molecule has 0 aliphatic carbocycles.